The molecule has 0 amide bonds. The van der Waals surface area contributed by atoms with E-state index >= 15 is 0 Å². The number of rotatable bonds is 4. The quantitative estimate of drug-likeness (QED) is 0.899. The van der Waals surface area contributed by atoms with Crippen LogP contribution in [0.4, 0.5) is 18.9 Å². The van der Waals surface area contributed by atoms with Gasteiger partial charge in [-0.1, -0.05) is 6.92 Å². The highest BCUT2D eigenvalue weighted by molar-refractivity contribution is 5.51. The molecule has 0 heterocycles. The van der Waals surface area contributed by atoms with Gasteiger partial charge in [0.2, 0.25) is 0 Å². The molecule has 1 aromatic carbocycles. The molecule has 0 radical (unpaired) electrons. The molecule has 0 spiro atoms. The van der Waals surface area contributed by atoms with Crippen molar-refractivity contribution in [2.75, 3.05) is 11.9 Å². The van der Waals surface area contributed by atoms with Crippen LogP contribution in [0.1, 0.15) is 31.4 Å². The Morgan fingerprint density at radius 2 is 1.94 bits per heavy atom. The van der Waals surface area contributed by atoms with E-state index in [1.807, 2.05) is 25.8 Å². The Morgan fingerprint density at radius 1 is 1.33 bits per heavy atom. The van der Waals surface area contributed by atoms with E-state index in [2.05, 4.69) is 0 Å². The van der Waals surface area contributed by atoms with Gasteiger partial charge in [-0.25, -0.2) is 0 Å². The van der Waals surface area contributed by atoms with Crippen molar-refractivity contribution in [2.45, 2.75) is 39.0 Å². The Balaban J connectivity index is 3.13. The summed E-state index contributed by atoms with van der Waals surface area (Å²) in [7, 11) is 1.87. The van der Waals surface area contributed by atoms with Crippen molar-refractivity contribution < 1.29 is 13.2 Å². The van der Waals surface area contributed by atoms with Crippen molar-refractivity contribution in [1.82, 2.24) is 0 Å². The highest BCUT2D eigenvalue weighted by Gasteiger charge is 2.33. The van der Waals surface area contributed by atoms with Gasteiger partial charge in [0.15, 0.2) is 0 Å². The number of alkyl halides is 3. The Bertz CT molecular complexity index is 402. The molecule has 5 heteroatoms. The third-order valence-corrected chi connectivity index (χ3v) is 3.27. The van der Waals surface area contributed by atoms with E-state index in [9.17, 15) is 13.2 Å². The summed E-state index contributed by atoms with van der Waals surface area (Å²) in [4.78, 5) is 1.96. The van der Waals surface area contributed by atoms with E-state index in [0.717, 1.165) is 18.2 Å². The van der Waals surface area contributed by atoms with Crippen LogP contribution in [0.2, 0.25) is 0 Å². The fourth-order valence-electron chi connectivity index (χ4n) is 1.77. The van der Waals surface area contributed by atoms with E-state index in [1.54, 1.807) is 0 Å². The highest BCUT2D eigenvalue weighted by Crippen LogP contribution is 2.34. The van der Waals surface area contributed by atoms with Gasteiger partial charge in [0, 0.05) is 25.3 Å². The van der Waals surface area contributed by atoms with Crippen LogP contribution in [0.15, 0.2) is 18.2 Å². The fraction of sp³-hybridized carbons (Fsp3) is 0.538. The van der Waals surface area contributed by atoms with Gasteiger partial charge < -0.3 is 10.6 Å². The standard InChI is InChI=1S/C13H19F3N2/c1-4-9(2)18(3)11-5-6-12(13(14,15)16)10(7-11)8-17/h5-7,9H,4,8,17H2,1-3H3. The molecule has 102 valence electrons. The van der Waals surface area contributed by atoms with Crippen LogP contribution in [0.5, 0.6) is 0 Å². The largest absolute Gasteiger partial charge is 0.416 e. The van der Waals surface area contributed by atoms with Crippen molar-refractivity contribution >= 4 is 5.69 Å². The first-order chi connectivity index (χ1) is 8.31. The average molecular weight is 260 g/mol. The summed E-state index contributed by atoms with van der Waals surface area (Å²) < 4.78 is 38.2. The number of nitrogens with two attached hydrogens (primary N) is 1. The second-order valence-corrected chi connectivity index (χ2v) is 4.41. The molecular formula is C13H19F3N2. The van der Waals surface area contributed by atoms with E-state index in [-0.39, 0.29) is 18.2 Å². The van der Waals surface area contributed by atoms with Crippen LogP contribution >= 0.6 is 0 Å². The molecule has 2 N–H and O–H groups in total. The van der Waals surface area contributed by atoms with Crippen LogP contribution in [-0.2, 0) is 12.7 Å². The van der Waals surface area contributed by atoms with E-state index < -0.39 is 11.7 Å². The van der Waals surface area contributed by atoms with Crippen LogP contribution in [-0.4, -0.2) is 13.1 Å². The number of hydrogen-bond acceptors (Lipinski definition) is 2. The van der Waals surface area contributed by atoms with Gasteiger partial charge in [0.05, 0.1) is 5.56 Å². The van der Waals surface area contributed by atoms with Crippen LogP contribution in [0.25, 0.3) is 0 Å². The smallest absolute Gasteiger partial charge is 0.372 e. The van der Waals surface area contributed by atoms with Crippen molar-refractivity contribution in [3.8, 4) is 0 Å². The summed E-state index contributed by atoms with van der Waals surface area (Å²) in [6.45, 7) is 3.95. The predicted octanol–water partition coefficient (Wildman–Crippen LogP) is 3.40. The van der Waals surface area contributed by atoms with Gasteiger partial charge in [0.25, 0.3) is 0 Å². The zero-order chi connectivity index (χ0) is 13.9. The van der Waals surface area contributed by atoms with E-state index in [1.165, 1.54) is 12.1 Å². The first-order valence-electron chi connectivity index (χ1n) is 5.94. The summed E-state index contributed by atoms with van der Waals surface area (Å²) in [6.07, 6.45) is -3.42. The number of nitrogens with zero attached hydrogens (tertiary/aromatic N) is 1. The van der Waals surface area contributed by atoms with Crippen LogP contribution in [0, 0.1) is 0 Å². The minimum atomic E-state index is -4.35. The van der Waals surface area contributed by atoms with Crippen molar-refractivity contribution in [2.24, 2.45) is 5.73 Å². The Hall–Kier alpha value is -1.23. The molecule has 18 heavy (non-hydrogen) atoms. The lowest BCUT2D eigenvalue weighted by Gasteiger charge is -2.27. The molecule has 0 fully saturated rings. The molecule has 0 aliphatic rings. The number of halogens is 3. The van der Waals surface area contributed by atoms with Gasteiger partial charge >= 0.3 is 6.18 Å². The molecule has 2 nitrogen and oxygen atoms in total. The van der Waals surface area contributed by atoms with Gasteiger partial charge in [-0.15, -0.1) is 0 Å². The molecule has 0 aliphatic heterocycles. The van der Waals surface area contributed by atoms with Gasteiger partial charge in [0.1, 0.15) is 0 Å². The van der Waals surface area contributed by atoms with E-state index in [4.69, 9.17) is 5.73 Å². The first kappa shape index (κ1) is 14.8. The summed E-state index contributed by atoms with van der Waals surface area (Å²) in [5.41, 5.74) is 5.66. The minimum absolute atomic E-state index is 0.114. The lowest BCUT2D eigenvalue weighted by molar-refractivity contribution is -0.138. The van der Waals surface area contributed by atoms with Crippen LogP contribution < -0.4 is 10.6 Å². The third kappa shape index (κ3) is 3.16. The maximum atomic E-state index is 12.7. The first-order valence-corrected chi connectivity index (χ1v) is 5.94. The average Bonchev–Trinajstić information content (AvgIpc) is 2.34. The maximum Gasteiger partial charge on any atom is 0.416 e. The topological polar surface area (TPSA) is 29.3 Å². The normalized spacial score (nSPS) is 13.5. The van der Waals surface area contributed by atoms with Crippen LogP contribution in [0.3, 0.4) is 0 Å². The molecule has 0 aliphatic carbocycles. The maximum absolute atomic E-state index is 12.7. The molecule has 0 aromatic heterocycles. The predicted molar refractivity (Wildman–Crippen MR) is 67.5 cm³/mol. The zero-order valence-corrected chi connectivity index (χ0v) is 10.9. The van der Waals surface area contributed by atoms with Gasteiger partial charge in [-0.3, -0.25) is 0 Å². The number of anilines is 1. The molecule has 0 saturated carbocycles. The lowest BCUT2D eigenvalue weighted by Crippen LogP contribution is -2.28. The van der Waals surface area contributed by atoms with Crippen molar-refractivity contribution in [3.63, 3.8) is 0 Å². The zero-order valence-electron chi connectivity index (χ0n) is 10.9. The minimum Gasteiger partial charge on any atom is -0.372 e. The molecule has 0 bridgehead atoms. The number of hydrogen-bond donors (Lipinski definition) is 1. The van der Waals surface area contributed by atoms with E-state index in [0.29, 0.717) is 0 Å². The fourth-order valence-corrected chi connectivity index (χ4v) is 1.77. The monoisotopic (exact) mass is 260 g/mol. The Morgan fingerprint density at radius 3 is 2.39 bits per heavy atom. The van der Waals surface area contributed by atoms with Crippen molar-refractivity contribution in [3.05, 3.63) is 29.3 Å². The molecular weight excluding hydrogens is 241 g/mol. The second kappa shape index (κ2) is 5.61. The summed E-state index contributed by atoms with van der Waals surface area (Å²) in [5.74, 6) is 0. The lowest BCUT2D eigenvalue weighted by atomic mass is 10.0. The van der Waals surface area contributed by atoms with Crippen molar-refractivity contribution in [1.29, 1.82) is 0 Å². The number of benzene rings is 1. The Kier molecular flexibility index (Phi) is 4.62. The Labute approximate surface area is 106 Å². The molecule has 0 saturated heterocycles. The summed E-state index contributed by atoms with van der Waals surface area (Å²) in [6, 6.07) is 4.40. The highest BCUT2D eigenvalue weighted by atomic mass is 19.4. The molecule has 1 atom stereocenters. The summed E-state index contributed by atoms with van der Waals surface area (Å²) >= 11 is 0. The summed E-state index contributed by atoms with van der Waals surface area (Å²) in [5, 5.41) is 0. The SMILES string of the molecule is CCC(C)N(C)c1ccc(C(F)(F)F)c(CN)c1. The molecule has 1 unspecified atom stereocenters. The second-order valence-electron chi connectivity index (χ2n) is 4.41. The molecule has 1 rings (SSSR count). The third-order valence-electron chi connectivity index (χ3n) is 3.27. The molecule has 1 aromatic rings. The van der Waals surface area contributed by atoms with Gasteiger partial charge in [-0.05, 0) is 37.1 Å². The van der Waals surface area contributed by atoms with Gasteiger partial charge in [-0.2, -0.15) is 13.2 Å².